The van der Waals surface area contributed by atoms with Crippen LogP contribution in [0.4, 0.5) is 0 Å². The molecule has 0 spiro atoms. The van der Waals surface area contributed by atoms with Crippen LogP contribution in [0.3, 0.4) is 0 Å². The van der Waals surface area contributed by atoms with Crippen LogP contribution >= 0.6 is 0 Å². The molecule has 98 valence electrons. The van der Waals surface area contributed by atoms with Crippen LogP contribution in [-0.4, -0.2) is 26.2 Å². The van der Waals surface area contributed by atoms with Gasteiger partial charge in [0.2, 0.25) is 0 Å². The number of fused-ring (bicyclic) bond motifs is 1. The van der Waals surface area contributed by atoms with E-state index in [4.69, 9.17) is 9.47 Å². The molecule has 0 N–H and O–H groups in total. The molecule has 0 saturated heterocycles. The van der Waals surface area contributed by atoms with Crippen molar-refractivity contribution in [1.82, 2.24) is 0 Å². The molecule has 0 aromatic heterocycles. The van der Waals surface area contributed by atoms with Crippen LogP contribution < -0.4 is 0 Å². The fraction of sp³-hybridized carbons (Fsp3) is 0.571. The Bertz CT molecular complexity index is 406. The van der Waals surface area contributed by atoms with E-state index in [2.05, 4.69) is 12.7 Å². The SMILES string of the molecule is C=C1CC(C(=O)OC)(C(=O)OC)[C@@H]2CCC=C[C@H]12. The van der Waals surface area contributed by atoms with E-state index in [1.807, 2.05) is 6.08 Å². The Balaban J connectivity index is 2.48. The van der Waals surface area contributed by atoms with Crippen LogP contribution in [0.1, 0.15) is 19.3 Å². The maximum absolute atomic E-state index is 12.1. The summed E-state index contributed by atoms with van der Waals surface area (Å²) in [5.74, 6) is -1.01. The van der Waals surface area contributed by atoms with Crippen molar-refractivity contribution >= 4 is 11.9 Å². The number of rotatable bonds is 2. The number of methoxy groups -OCH3 is 2. The van der Waals surface area contributed by atoms with E-state index in [-0.39, 0.29) is 11.8 Å². The number of carbonyl (C=O) groups excluding carboxylic acids is 2. The molecule has 2 aliphatic carbocycles. The molecule has 0 unspecified atom stereocenters. The molecule has 0 aromatic rings. The molecular formula is C14H18O4. The standard InChI is InChI=1S/C14H18O4/c1-9-8-14(12(15)17-2,13(16)18-3)11-7-5-4-6-10(9)11/h4,6,10-11H,1,5,7-8H2,2-3H3/t10-,11-/m1/s1. The van der Waals surface area contributed by atoms with E-state index < -0.39 is 17.4 Å². The lowest BCUT2D eigenvalue weighted by Gasteiger charge is -2.32. The van der Waals surface area contributed by atoms with Crippen molar-refractivity contribution in [3.05, 3.63) is 24.3 Å². The second-order valence-electron chi connectivity index (χ2n) is 4.93. The Labute approximate surface area is 107 Å². The molecule has 2 atom stereocenters. The lowest BCUT2D eigenvalue weighted by Crippen LogP contribution is -2.45. The Morgan fingerprint density at radius 1 is 1.33 bits per heavy atom. The monoisotopic (exact) mass is 250 g/mol. The Morgan fingerprint density at radius 3 is 2.50 bits per heavy atom. The van der Waals surface area contributed by atoms with Gasteiger partial charge < -0.3 is 9.47 Å². The lowest BCUT2D eigenvalue weighted by molar-refractivity contribution is -0.172. The van der Waals surface area contributed by atoms with Crippen LogP contribution in [0, 0.1) is 17.3 Å². The van der Waals surface area contributed by atoms with Crippen LogP contribution in [0.15, 0.2) is 24.3 Å². The molecule has 0 bridgehead atoms. The molecule has 1 fully saturated rings. The summed E-state index contributed by atoms with van der Waals surface area (Å²) in [6.07, 6.45) is 6.10. The number of hydrogen-bond acceptors (Lipinski definition) is 4. The van der Waals surface area contributed by atoms with E-state index in [1.54, 1.807) is 0 Å². The molecule has 4 heteroatoms. The second-order valence-corrected chi connectivity index (χ2v) is 4.93. The minimum Gasteiger partial charge on any atom is -0.468 e. The fourth-order valence-electron chi connectivity index (χ4n) is 3.31. The quantitative estimate of drug-likeness (QED) is 0.426. The Kier molecular flexibility index (Phi) is 3.28. The number of allylic oxidation sites excluding steroid dienone is 3. The van der Waals surface area contributed by atoms with Crippen molar-refractivity contribution in [2.45, 2.75) is 19.3 Å². The predicted octanol–water partition coefficient (Wildman–Crippen LogP) is 1.86. The summed E-state index contributed by atoms with van der Waals surface area (Å²) in [5.41, 5.74) is -0.289. The molecule has 2 rings (SSSR count). The first kappa shape index (κ1) is 12.9. The van der Waals surface area contributed by atoms with Gasteiger partial charge in [-0.15, -0.1) is 0 Å². The zero-order chi connectivity index (χ0) is 13.3. The van der Waals surface area contributed by atoms with Crippen LogP contribution in [0.5, 0.6) is 0 Å². The van der Waals surface area contributed by atoms with E-state index in [9.17, 15) is 9.59 Å². The van der Waals surface area contributed by atoms with Gasteiger partial charge in [-0.25, -0.2) is 0 Å². The van der Waals surface area contributed by atoms with Gasteiger partial charge in [-0.05, 0) is 25.2 Å². The highest BCUT2D eigenvalue weighted by atomic mass is 16.5. The Hall–Kier alpha value is -1.58. The molecule has 2 aliphatic rings. The van der Waals surface area contributed by atoms with Gasteiger partial charge in [0.1, 0.15) is 0 Å². The zero-order valence-corrected chi connectivity index (χ0v) is 10.8. The average molecular weight is 250 g/mol. The van der Waals surface area contributed by atoms with Gasteiger partial charge in [-0.1, -0.05) is 24.3 Å². The van der Waals surface area contributed by atoms with Crippen molar-refractivity contribution in [3.63, 3.8) is 0 Å². The molecular weight excluding hydrogens is 232 g/mol. The maximum atomic E-state index is 12.1. The maximum Gasteiger partial charge on any atom is 0.323 e. The van der Waals surface area contributed by atoms with Crippen LogP contribution in [-0.2, 0) is 19.1 Å². The minimum absolute atomic E-state index is 0.0805. The average Bonchev–Trinajstić information content (AvgIpc) is 2.72. The molecule has 4 nitrogen and oxygen atoms in total. The third-order valence-electron chi connectivity index (χ3n) is 4.13. The highest BCUT2D eigenvalue weighted by Gasteiger charge is 2.61. The summed E-state index contributed by atoms with van der Waals surface area (Å²) in [5, 5.41) is 0. The number of ether oxygens (including phenoxy) is 2. The summed E-state index contributed by atoms with van der Waals surface area (Å²) >= 11 is 0. The summed E-state index contributed by atoms with van der Waals surface area (Å²) in [4.78, 5) is 24.3. The van der Waals surface area contributed by atoms with E-state index >= 15 is 0 Å². The fourth-order valence-corrected chi connectivity index (χ4v) is 3.31. The van der Waals surface area contributed by atoms with Crippen molar-refractivity contribution in [1.29, 1.82) is 0 Å². The van der Waals surface area contributed by atoms with Gasteiger partial charge in [0.05, 0.1) is 14.2 Å². The molecule has 0 heterocycles. The molecule has 18 heavy (non-hydrogen) atoms. The van der Waals surface area contributed by atoms with Crippen molar-refractivity contribution in [3.8, 4) is 0 Å². The van der Waals surface area contributed by atoms with E-state index in [1.165, 1.54) is 14.2 Å². The molecule has 0 amide bonds. The summed E-state index contributed by atoms with van der Waals surface area (Å²) in [6.45, 7) is 4.00. The Morgan fingerprint density at radius 2 is 1.94 bits per heavy atom. The number of hydrogen-bond donors (Lipinski definition) is 0. The van der Waals surface area contributed by atoms with Crippen molar-refractivity contribution in [2.24, 2.45) is 17.3 Å². The highest BCUT2D eigenvalue weighted by Crippen LogP contribution is 2.54. The summed E-state index contributed by atoms with van der Waals surface area (Å²) < 4.78 is 9.71. The smallest absolute Gasteiger partial charge is 0.323 e. The topological polar surface area (TPSA) is 52.6 Å². The number of esters is 2. The second kappa shape index (κ2) is 4.59. The zero-order valence-electron chi connectivity index (χ0n) is 10.8. The normalized spacial score (nSPS) is 28.7. The highest BCUT2D eigenvalue weighted by molar-refractivity contribution is 6.01. The molecule has 0 aliphatic heterocycles. The first-order valence-corrected chi connectivity index (χ1v) is 6.09. The van der Waals surface area contributed by atoms with E-state index in [0.717, 1.165) is 18.4 Å². The third kappa shape index (κ3) is 1.59. The third-order valence-corrected chi connectivity index (χ3v) is 4.13. The lowest BCUT2D eigenvalue weighted by atomic mass is 9.71. The first-order chi connectivity index (χ1) is 8.57. The molecule has 0 aromatic carbocycles. The number of carbonyl (C=O) groups is 2. The molecule has 0 radical (unpaired) electrons. The van der Waals surface area contributed by atoms with Gasteiger partial charge >= 0.3 is 11.9 Å². The van der Waals surface area contributed by atoms with Gasteiger partial charge in [-0.2, -0.15) is 0 Å². The molecule has 1 saturated carbocycles. The van der Waals surface area contributed by atoms with Crippen LogP contribution in [0.2, 0.25) is 0 Å². The largest absolute Gasteiger partial charge is 0.468 e. The van der Waals surface area contributed by atoms with Gasteiger partial charge in [0.25, 0.3) is 0 Å². The van der Waals surface area contributed by atoms with Crippen LogP contribution in [0.25, 0.3) is 0 Å². The predicted molar refractivity (Wildman–Crippen MR) is 65.6 cm³/mol. The van der Waals surface area contributed by atoms with Crippen molar-refractivity contribution < 1.29 is 19.1 Å². The van der Waals surface area contributed by atoms with Gasteiger partial charge in [-0.3, -0.25) is 9.59 Å². The van der Waals surface area contributed by atoms with Gasteiger partial charge in [0, 0.05) is 5.92 Å². The minimum atomic E-state index is -1.20. The summed E-state index contributed by atoms with van der Waals surface area (Å²) in [6, 6.07) is 0. The van der Waals surface area contributed by atoms with E-state index in [0.29, 0.717) is 6.42 Å². The van der Waals surface area contributed by atoms with Crippen molar-refractivity contribution in [2.75, 3.05) is 14.2 Å². The first-order valence-electron chi connectivity index (χ1n) is 6.09. The summed E-state index contributed by atoms with van der Waals surface area (Å²) in [7, 11) is 2.61. The van der Waals surface area contributed by atoms with Gasteiger partial charge in [0.15, 0.2) is 5.41 Å².